The number of carbonyl (C=O) groups excluding carboxylic acids is 1. The number of halogens is 1. The SMILES string of the molecule is CC(C)(CO)NC(=O)c1cc2[nH]c3ccccc3c(=O)c2cc1Br. The van der Waals surface area contributed by atoms with E-state index in [4.69, 9.17) is 0 Å². The minimum Gasteiger partial charge on any atom is -0.394 e. The lowest BCUT2D eigenvalue weighted by atomic mass is 10.0. The molecule has 2 aromatic carbocycles. The molecular weight excluding hydrogens is 372 g/mol. The predicted molar refractivity (Wildman–Crippen MR) is 98.4 cm³/mol. The molecule has 0 bridgehead atoms. The van der Waals surface area contributed by atoms with Crippen LogP contribution < -0.4 is 10.7 Å². The first-order valence-corrected chi connectivity index (χ1v) is 8.29. The Bertz CT molecular complexity index is 1010. The molecule has 0 aliphatic rings. The van der Waals surface area contributed by atoms with Crippen LogP contribution in [-0.4, -0.2) is 28.1 Å². The molecule has 3 N–H and O–H groups in total. The van der Waals surface area contributed by atoms with E-state index in [0.717, 1.165) is 5.52 Å². The second-order valence-electron chi connectivity index (χ2n) is 6.37. The maximum Gasteiger partial charge on any atom is 0.252 e. The third-order valence-corrected chi connectivity index (χ3v) is 4.54. The summed E-state index contributed by atoms with van der Waals surface area (Å²) in [6.45, 7) is 3.29. The number of aliphatic hydroxyl groups is 1. The molecule has 5 nitrogen and oxygen atoms in total. The summed E-state index contributed by atoms with van der Waals surface area (Å²) in [5.41, 5.74) is 0.897. The Morgan fingerprint density at radius 3 is 2.62 bits per heavy atom. The molecule has 0 aliphatic heterocycles. The fraction of sp³-hybridized carbons (Fsp3) is 0.222. The summed E-state index contributed by atoms with van der Waals surface area (Å²) < 4.78 is 0.530. The molecule has 3 aromatic rings. The Balaban J connectivity index is 2.18. The van der Waals surface area contributed by atoms with Crippen LogP contribution in [-0.2, 0) is 0 Å². The van der Waals surface area contributed by atoms with Crippen LogP contribution in [0.3, 0.4) is 0 Å². The molecule has 1 heterocycles. The monoisotopic (exact) mass is 388 g/mol. The van der Waals surface area contributed by atoms with Crippen molar-refractivity contribution in [2.45, 2.75) is 19.4 Å². The smallest absolute Gasteiger partial charge is 0.252 e. The average Bonchev–Trinajstić information content (AvgIpc) is 2.55. The second kappa shape index (κ2) is 6.03. The van der Waals surface area contributed by atoms with Crippen molar-refractivity contribution in [2.75, 3.05) is 6.61 Å². The predicted octanol–water partition coefficient (Wildman–Crippen LogP) is 2.94. The highest BCUT2D eigenvalue weighted by Crippen LogP contribution is 2.24. The van der Waals surface area contributed by atoms with Crippen molar-refractivity contribution in [1.82, 2.24) is 10.3 Å². The molecule has 0 spiro atoms. The summed E-state index contributed by atoms with van der Waals surface area (Å²) in [6.07, 6.45) is 0. The first-order chi connectivity index (χ1) is 11.3. The molecule has 6 heteroatoms. The standard InChI is InChI=1S/C18H17BrN2O3/c1-18(2,9-22)21-17(24)11-8-15-12(7-13(11)19)16(23)10-5-3-4-6-14(10)20-15/h3-8,22H,9H2,1-2H3,(H,20,23)(H,21,24). The summed E-state index contributed by atoms with van der Waals surface area (Å²) in [5.74, 6) is -0.322. The molecule has 0 atom stereocenters. The van der Waals surface area contributed by atoms with E-state index >= 15 is 0 Å². The van der Waals surface area contributed by atoms with Gasteiger partial charge in [0.2, 0.25) is 0 Å². The molecule has 1 amide bonds. The van der Waals surface area contributed by atoms with E-state index in [0.29, 0.717) is 26.3 Å². The quantitative estimate of drug-likeness (QED) is 0.603. The van der Waals surface area contributed by atoms with Gasteiger partial charge in [0, 0.05) is 20.8 Å². The number of aromatic nitrogens is 1. The largest absolute Gasteiger partial charge is 0.394 e. The van der Waals surface area contributed by atoms with Gasteiger partial charge in [0.05, 0.1) is 23.2 Å². The summed E-state index contributed by atoms with van der Waals surface area (Å²) >= 11 is 3.37. The summed E-state index contributed by atoms with van der Waals surface area (Å²) in [5, 5.41) is 13.2. The maximum absolute atomic E-state index is 12.6. The van der Waals surface area contributed by atoms with Gasteiger partial charge in [0.25, 0.3) is 5.91 Å². The van der Waals surface area contributed by atoms with Gasteiger partial charge in [-0.3, -0.25) is 9.59 Å². The van der Waals surface area contributed by atoms with Crippen LogP contribution in [0.2, 0.25) is 0 Å². The van der Waals surface area contributed by atoms with E-state index in [-0.39, 0.29) is 17.9 Å². The molecule has 124 valence electrons. The zero-order chi connectivity index (χ0) is 17.5. The summed E-state index contributed by atoms with van der Waals surface area (Å²) in [7, 11) is 0. The Kier molecular flexibility index (Phi) is 4.19. The zero-order valence-corrected chi connectivity index (χ0v) is 14.9. The second-order valence-corrected chi connectivity index (χ2v) is 7.23. The number of hydrogen-bond donors (Lipinski definition) is 3. The molecule has 0 radical (unpaired) electrons. The Morgan fingerprint density at radius 1 is 1.21 bits per heavy atom. The molecule has 0 unspecified atom stereocenters. The lowest BCUT2D eigenvalue weighted by Gasteiger charge is -2.23. The number of carbonyl (C=O) groups is 1. The molecule has 0 fully saturated rings. The minimum absolute atomic E-state index is 0.0808. The van der Waals surface area contributed by atoms with Crippen molar-refractivity contribution in [2.24, 2.45) is 0 Å². The van der Waals surface area contributed by atoms with Gasteiger partial charge in [0.1, 0.15) is 0 Å². The third-order valence-electron chi connectivity index (χ3n) is 3.88. The number of amides is 1. The molecule has 1 aromatic heterocycles. The van der Waals surface area contributed by atoms with Crippen molar-refractivity contribution in [1.29, 1.82) is 0 Å². The number of pyridine rings is 1. The van der Waals surface area contributed by atoms with Crippen LogP contribution in [0.1, 0.15) is 24.2 Å². The molecule has 0 saturated heterocycles. The topological polar surface area (TPSA) is 82.2 Å². The van der Waals surface area contributed by atoms with Crippen LogP contribution in [0.15, 0.2) is 45.7 Å². The number of hydrogen-bond acceptors (Lipinski definition) is 3. The van der Waals surface area contributed by atoms with Gasteiger partial charge in [-0.25, -0.2) is 0 Å². The maximum atomic E-state index is 12.6. The van der Waals surface area contributed by atoms with Gasteiger partial charge >= 0.3 is 0 Å². The Hall–Kier alpha value is -2.18. The Morgan fingerprint density at radius 2 is 1.92 bits per heavy atom. The van der Waals surface area contributed by atoms with Crippen molar-refractivity contribution in [3.8, 4) is 0 Å². The van der Waals surface area contributed by atoms with Crippen LogP contribution in [0.5, 0.6) is 0 Å². The molecule has 0 saturated carbocycles. The molecule has 24 heavy (non-hydrogen) atoms. The van der Waals surface area contributed by atoms with Crippen LogP contribution in [0, 0.1) is 0 Å². The van der Waals surface area contributed by atoms with E-state index in [2.05, 4.69) is 26.2 Å². The number of nitrogens with one attached hydrogen (secondary N) is 2. The third kappa shape index (κ3) is 2.95. The van der Waals surface area contributed by atoms with Gasteiger partial charge in [0.15, 0.2) is 5.43 Å². The number of fused-ring (bicyclic) bond motifs is 2. The number of para-hydroxylation sites is 1. The first-order valence-electron chi connectivity index (χ1n) is 7.50. The van der Waals surface area contributed by atoms with Crippen LogP contribution in [0.25, 0.3) is 21.8 Å². The number of H-pyrrole nitrogens is 1. The molecule has 0 aliphatic carbocycles. The van der Waals surface area contributed by atoms with Gasteiger partial charge in [-0.05, 0) is 54.0 Å². The number of aliphatic hydroxyl groups excluding tert-OH is 1. The van der Waals surface area contributed by atoms with Crippen molar-refractivity contribution in [3.63, 3.8) is 0 Å². The Labute approximate surface area is 146 Å². The van der Waals surface area contributed by atoms with Gasteiger partial charge in [-0.2, -0.15) is 0 Å². The lowest BCUT2D eigenvalue weighted by molar-refractivity contribution is 0.0868. The van der Waals surface area contributed by atoms with Crippen molar-refractivity contribution < 1.29 is 9.90 Å². The number of benzene rings is 2. The van der Waals surface area contributed by atoms with Gasteiger partial charge in [-0.1, -0.05) is 12.1 Å². The fourth-order valence-electron chi connectivity index (χ4n) is 2.53. The van der Waals surface area contributed by atoms with Gasteiger partial charge in [-0.15, -0.1) is 0 Å². The average molecular weight is 389 g/mol. The molecular formula is C18H17BrN2O3. The van der Waals surface area contributed by atoms with Crippen LogP contribution in [0.4, 0.5) is 0 Å². The van der Waals surface area contributed by atoms with E-state index in [1.807, 2.05) is 18.2 Å². The highest BCUT2D eigenvalue weighted by Gasteiger charge is 2.22. The normalized spacial score (nSPS) is 11.8. The van der Waals surface area contributed by atoms with E-state index in [1.165, 1.54) is 0 Å². The number of aromatic amines is 1. The zero-order valence-electron chi connectivity index (χ0n) is 13.3. The van der Waals surface area contributed by atoms with Gasteiger partial charge < -0.3 is 15.4 Å². The molecule has 3 rings (SSSR count). The van der Waals surface area contributed by atoms with Crippen molar-refractivity contribution in [3.05, 3.63) is 56.7 Å². The first kappa shape index (κ1) is 16.7. The summed E-state index contributed by atoms with van der Waals surface area (Å²) in [6, 6.07) is 10.6. The van der Waals surface area contributed by atoms with Crippen LogP contribution >= 0.6 is 15.9 Å². The minimum atomic E-state index is -0.734. The van der Waals surface area contributed by atoms with Crippen molar-refractivity contribution >= 4 is 43.6 Å². The van der Waals surface area contributed by atoms with E-state index in [9.17, 15) is 14.7 Å². The fourth-order valence-corrected chi connectivity index (χ4v) is 3.06. The van der Waals surface area contributed by atoms with E-state index in [1.54, 1.807) is 32.0 Å². The highest BCUT2D eigenvalue weighted by atomic mass is 79.9. The highest BCUT2D eigenvalue weighted by molar-refractivity contribution is 9.10. The van der Waals surface area contributed by atoms with E-state index < -0.39 is 5.54 Å². The lowest BCUT2D eigenvalue weighted by Crippen LogP contribution is -2.46. The summed E-state index contributed by atoms with van der Waals surface area (Å²) in [4.78, 5) is 28.3. The number of rotatable bonds is 3.